The lowest BCUT2D eigenvalue weighted by molar-refractivity contribution is -0.149. The number of hydrogen-bond acceptors (Lipinski definition) is 5. The summed E-state index contributed by atoms with van der Waals surface area (Å²) in [5.41, 5.74) is 0. The van der Waals surface area contributed by atoms with Gasteiger partial charge in [0.05, 0.1) is 11.6 Å². The molecular formula is C18H24ClN3O4S. The van der Waals surface area contributed by atoms with Crippen LogP contribution in [0.5, 0.6) is 0 Å². The van der Waals surface area contributed by atoms with Crippen LogP contribution in [-0.2, 0) is 19.6 Å². The average Bonchev–Trinajstić information content (AvgIpc) is 3.53. The molecule has 0 N–H and O–H groups in total. The van der Waals surface area contributed by atoms with Crippen LogP contribution in [0.25, 0.3) is 0 Å². The Morgan fingerprint density at radius 1 is 1.07 bits per heavy atom. The number of sulfonamides is 1. The molecule has 7 nitrogen and oxygen atoms in total. The van der Waals surface area contributed by atoms with Crippen LogP contribution in [0.15, 0.2) is 29.2 Å². The van der Waals surface area contributed by atoms with Gasteiger partial charge in [-0.05, 0) is 25.0 Å². The predicted molar refractivity (Wildman–Crippen MR) is 101 cm³/mol. The third-order valence-electron chi connectivity index (χ3n) is 5.45. The highest BCUT2D eigenvalue weighted by Crippen LogP contribution is 2.28. The number of ether oxygens (including phenoxy) is 1. The molecule has 3 fully saturated rings. The summed E-state index contributed by atoms with van der Waals surface area (Å²) in [6.45, 7) is 3.54. The Labute approximate surface area is 164 Å². The van der Waals surface area contributed by atoms with Gasteiger partial charge in [0.2, 0.25) is 10.0 Å². The first kappa shape index (κ1) is 19.1. The van der Waals surface area contributed by atoms with Gasteiger partial charge in [0, 0.05) is 45.3 Å². The van der Waals surface area contributed by atoms with Gasteiger partial charge in [-0.3, -0.25) is 9.69 Å². The third-order valence-corrected chi connectivity index (χ3v) is 7.81. The van der Waals surface area contributed by atoms with E-state index in [9.17, 15) is 13.2 Å². The summed E-state index contributed by atoms with van der Waals surface area (Å²) >= 11 is 6.08. The number of benzene rings is 1. The van der Waals surface area contributed by atoms with Crippen LogP contribution >= 0.6 is 11.6 Å². The van der Waals surface area contributed by atoms with Gasteiger partial charge in [0.1, 0.15) is 11.0 Å². The highest BCUT2D eigenvalue weighted by molar-refractivity contribution is 7.89. The van der Waals surface area contributed by atoms with Crippen LogP contribution in [0.4, 0.5) is 0 Å². The average molecular weight is 414 g/mol. The molecule has 1 aromatic rings. The molecule has 27 heavy (non-hydrogen) atoms. The van der Waals surface area contributed by atoms with E-state index in [4.69, 9.17) is 16.3 Å². The van der Waals surface area contributed by atoms with Crippen molar-refractivity contribution in [1.29, 1.82) is 0 Å². The van der Waals surface area contributed by atoms with E-state index in [1.807, 2.05) is 0 Å². The Bertz CT molecular complexity index is 807. The predicted octanol–water partition coefficient (Wildman–Crippen LogP) is 1.04. The van der Waals surface area contributed by atoms with Crippen molar-refractivity contribution in [2.75, 3.05) is 45.9 Å². The number of rotatable bonds is 4. The molecule has 148 valence electrons. The maximum Gasteiger partial charge on any atom is 0.253 e. The summed E-state index contributed by atoms with van der Waals surface area (Å²) in [5.74, 6) is -0.121. The van der Waals surface area contributed by atoms with Crippen molar-refractivity contribution in [3.8, 4) is 0 Å². The molecule has 4 rings (SSSR count). The van der Waals surface area contributed by atoms with E-state index in [1.54, 1.807) is 23.1 Å². The fraction of sp³-hybridized carbons (Fsp3) is 0.611. The van der Waals surface area contributed by atoms with E-state index in [2.05, 4.69) is 4.90 Å². The standard InChI is InChI=1S/C18H24ClN3O4S/c19-15-3-1-2-4-17(15)27(24,25)22-11-12-26-16(13-22)18(23)21-9-7-20(8-10-21)14-5-6-14/h1-4,14,16H,5-13H2/t16-/m0/s1. The summed E-state index contributed by atoms with van der Waals surface area (Å²) in [6, 6.07) is 7.07. The minimum atomic E-state index is -3.76. The summed E-state index contributed by atoms with van der Waals surface area (Å²) in [7, 11) is -3.76. The molecule has 1 atom stereocenters. The molecule has 0 spiro atoms. The smallest absolute Gasteiger partial charge is 0.253 e. The van der Waals surface area contributed by atoms with Gasteiger partial charge in [-0.2, -0.15) is 4.31 Å². The molecule has 0 bridgehead atoms. The van der Waals surface area contributed by atoms with Crippen LogP contribution in [0.1, 0.15) is 12.8 Å². The van der Waals surface area contributed by atoms with Crippen LogP contribution < -0.4 is 0 Å². The second-order valence-corrected chi connectivity index (χ2v) is 9.56. The molecule has 1 aliphatic carbocycles. The number of morpholine rings is 1. The van der Waals surface area contributed by atoms with E-state index in [0.29, 0.717) is 19.1 Å². The summed E-state index contributed by atoms with van der Waals surface area (Å²) < 4.78 is 32.8. The maximum absolute atomic E-state index is 12.9. The van der Waals surface area contributed by atoms with Crippen LogP contribution in [-0.4, -0.2) is 86.5 Å². The van der Waals surface area contributed by atoms with Crippen LogP contribution in [0, 0.1) is 0 Å². The van der Waals surface area contributed by atoms with E-state index in [0.717, 1.165) is 13.1 Å². The van der Waals surface area contributed by atoms with Gasteiger partial charge in [-0.15, -0.1) is 0 Å². The molecule has 9 heteroatoms. The number of carbonyl (C=O) groups excluding carboxylic acids is 1. The Kier molecular flexibility index (Phi) is 5.44. The fourth-order valence-corrected chi connectivity index (χ4v) is 5.66. The van der Waals surface area contributed by atoms with Gasteiger partial charge < -0.3 is 9.64 Å². The Morgan fingerprint density at radius 2 is 1.78 bits per heavy atom. The van der Waals surface area contributed by atoms with Crippen molar-refractivity contribution in [1.82, 2.24) is 14.1 Å². The Morgan fingerprint density at radius 3 is 2.44 bits per heavy atom. The molecule has 0 radical (unpaired) electrons. The number of nitrogens with zero attached hydrogens (tertiary/aromatic N) is 3. The van der Waals surface area contributed by atoms with Crippen molar-refractivity contribution in [3.63, 3.8) is 0 Å². The first-order valence-electron chi connectivity index (χ1n) is 9.36. The number of halogens is 1. The topological polar surface area (TPSA) is 70.2 Å². The minimum absolute atomic E-state index is 0.0230. The molecule has 1 amide bonds. The molecule has 2 aliphatic heterocycles. The number of hydrogen-bond donors (Lipinski definition) is 0. The largest absolute Gasteiger partial charge is 0.366 e. The van der Waals surface area contributed by atoms with E-state index >= 15 is 0 Å². The minimum Gasteiger partial charge on any atom is -0.366 e. The van der Waals surface area contributed by atoms with Gasteiger partial charge in [0.25, 0.3) is 5.91 Å². The molecule has 0 unspecified atom stereocenters. The van der Waals surface area contributed by atoms with E-state index in [1.165, 1.54) is 23.2 Å². The van der Waals surface area contributed by atoms with Gasteiger partial charge in [-0.25, -0.2) is 8.42 Å². The number of piperazine rings is 1. The zero-order chi connectivity index (χ0) is 19.0. The second-order valence-electron chi connectivity index (χ2n) is 7.25. The van der Waals surface area contributed by atoms with Gasteiger partial charge >= 0.3 is 0 Å². The van der Waals surface area contributed by atoms with E-state index in [-0.39, 0.29) is 35.5 Å². The van der Waals surface area contributed by atoms with E-state index < -0.39 is 16.1 Å². The number of amides is 1. The molecule has 2 heterocycles. The lowest BCUT2D eigenvalue weighted by Crippen LogP contribution is -2.56. The Balaban J connectivity index is 1.42. The maximum atomic E-state index is 12.9. The molecule has 0 aromatic heterocycles. The molecule has 1 aromatic carbocycles. The van der Waals surface area contributed by atoms with Crippen LogP contribution in [0.2, 0.25) is 5.02 Å². The van der Waals surface area contributed by atoms with Crippen molar-refractivity contribution in [3.05, 3.63) is 29.3 Å². The molecule has 3 aliphatic rings. The highest BCUT2D eigenvalue weighted by atomic mass is 35.5. The lowest BCUT2D eigenvalue weighted by atomic mass is 10.2. The van der Waals surface area contributed by atoms with Gasteiger partial charge in [0.15, 0.2) is 0 Å². The van der Waals surface area contributed by atoms with Crippen molar-refractivity contribution in [2.45, 2.75) is 29.9 Å². The molecular weight excluding hydrogens is 390 g/mol. The summed E-state index contributed by atoms with van der Waals surface area (Å²) in [4.78, 5) is 17.2. The zero-order valence-electron chi connectivity index (χ0n) is 15.1. The van der Waals surface area contributed by atoms with Crippen molar-refractivity contribution >= 4 is 27.5 Å². The Hall–Kier alpha value is -1.19. The van der Waals surface area contributed by atoms with Crippen molar-refractivity contribution < 1.29 is 17.9 Å². The monoisotopic (exact) mass is 413 g/mol. The zero-order valence-corrected chi connectivity index (χ0v) is 16.7. The van der Waals surface area contributed by atoms with Crippen LogP contribution in [0.3, 0.4) is 0 Å². The quantitative estimate of drug-likeness (QED) is 0.737. The lowest BCUT2D eigenvalue weighted by Gasteiger charge is -2.38. The second kappa shape index (κ2) is 7.67. The van der Waals surface area contributed by atoms with Crippen molar-refractivity contribution in [2.24, 2.45) is 0 Å². The fourth-order valence-electron chi connectivity index (χ4n) is 3.74. The summed E-state index contributed by atoms with van der Waals surface area (Å²) in [5, 5.41) is 0.183. The SMILES string of the molecule is O=C([C@@H]1CN(S(=O)(=O)c2ccccc2Cl)CCO1)N1CCN(C2CC2)CC1. The third kappa shape index (κ3) is 4.00. The summed E-state index contributed by atoms with van der Waals surface area (Å²) in [6.07, 6.45) is 1.76. The molecule has 1 saturated carbocycles. The normalized spacial score (nSPS) is 25.5. The molecule has 2 saturated heterocycles. The first-order valence-corrected chi connectivity index (χ1v) is 11.2. The highest BCUT2D eigenvalue weighted by Gasteiger charge is 2.38. The number of carbonyl (C=O) groups is 1. The van der Waals surface area contributed by atoms with Gasteiger partial charge in [-0.1, -0.05) is 23.7 Å². The first-order chi connectivity index (χ1) is 13.0.